The van der Waals surface area contributed by atoms with Gasteiger partial charge in [-0.3, -0.25) is 4.98 Å². The van der Waals surface area contributed by atoms with Crippen molar-refractivity contribution in [1.29, 1.82) is 0 Å². The van der Waals surface area contributed by atoms with Gasteiger partial charge < -0.3 is 0 Å². The van der Waals surface area contributed by atoms with Crippen molar-refractivity contribution in [3.63, 3.8) is 0 Å². The third-order valence-electron chi connectivity index (χ3n) is 9.97. The van der Waals surface area contributed by atoms with Crippen molar-refractivity contribution >= 4 is 32.3 Å². The van der Waals surface area contributed by atoms with Crippen molar-refractivity contribution in [2.75, 3.05) is 0 Å². The lowest BCUT2D eigenvalue weighted by Gasteiger charge is -2.22. The molecule has 0 fully saturated rings. The number of hydrogen-bond acceptors (Lipinski definition) is 1. The van der Waals surface area contributed by atoms with Crippen LogP contribution in [0.15, 0.2) is 152 Å². The zero-order chi connectivity index (χ0) is 30.1. The Balaban J connectivity index is 1.40. The van der Waals surface area contributed by atoms with Gasteiger partial charge in [-0.1, -0.05) is 129 Å². The first-order chi connectivity index (χ1) is 22.1. The molecule has 0 radical (unpaired) electrons. The molecule has 0 spiro atoms. The molecule has 212 valence electrons. The minimum Gasteiger partial charge on any atom is -0.265 e. The van der Waals surface area contributed by atoms with E-state index in [-0.39, 0.29) is 5.41 Å². The molecule has 0 saturated carbocycles. The summed E-state index contributed by atoms with van der Waals surface area (Å²) in [7, 11) is 0. The fourth-order valence-electron chi connectivity index (χ4n) is 7.84. The summed E-state index contributed by atoms with van der Waals surface area (Å²) < 4.78 is 0. The number of rotatable bonds is 3. The van der Waals surface area contributed by atoms with Crippen LogP contribution in [0.1, 0.15) is 25.0 Å². The molecule has 0 aliphatic heterocycles. The van der Waals surface area contributed by atoms with Gasteiger partial charge in [-0.25, -0.2) is 0 Å². The fourth-order valence-corrected chi connectivity index (χ4v) is 7.84. The second-order valence-corrected chi connectivity index (χ2v) is 12.7. The van der Waals surface area contributed by atoms with E-state index in [1.54, 1.807) is 0 Å². The summed E-state index contributed by atoms with van der Waals surface area (Å²) in [4.78, 5) is 4.34. The lowest BCUT2D eigenvalue weighted by atomic mass is 9.81. The van der Waals surface area contributed by atoms with Gasteiger partial charge in [0.1, 0.15) is 0 Å². The molecule has 0 bridgehead atoms. The maximum Gasteiger partial charge on any atom is 0.0273 e. The van der Waals surface area contributed by atoms with Gasteiger partial charge in [-0.2, -0.15) is 0 Å². The molecule has 9 rings (SSSR count). The van der Waals surface area contributed by atoms with Crippen LogP contribution in [0.3, 0.4) is 0 Å². The Morgan fingerprint density at radius 2 is 1.00 bits per heavy atom. The molecule has 0 N–H and O–H groups in total. The number of pyridine rings is 1. The summed E-state index contributed by atoms with van der Waals surface area (Å²) in [6, 6.07) is 51.6. The predicted octanol–water partition coefficient (Wildman–Crippen LogP) is 11.8. The van der Waals surface area contributed by atoms with Crippen molar-refractivity contribution in [3.05, 3.63) is 163 Å². The Labute approximate surface area is 263 Å². The van der Waals surface area contributed by atoms with Crippen LogP contribution in [0.25, 0.3) is 76.8 Å². The van der Waals surface area contributed by atoms with Crippen LogP contribution < -0.4 is 0 Å². The molecule has 1 aliphatic rings. The third kappa shape index (κ3) is 3.84. The van der Waals surface area contributed by atoms with Crippen LogP contribution in [-0.4, -0.2) is 4.98 Å². The molecule has 0 unspecified atom stereocenters. The Kier molecular flexibility index (Phi) is 5.61. The van der Waals surface area contributed by atoms with Crippen molar-refractivity contribution in [1.82, 2.24) is 4.98 Å². The monoisotopic (exact) mass is 573 g/mol. The second-order valence-electron chi connectivity index (χ2n) is 12.7. The van der Waals surface area contributed by atoms with Crippen LogP contribution in [0, 0.1) is 0 Å². The van der Waals surface area contributed by atoms with Gasteiger partial charge in [-0.05, 0) is 112 Å². The summed E-state index contributed by atoms with van der Waals surface area (Å²) in [5, 5.41) is 7.55. The zero-order valence-corrected chi connectivity index (χ0v) is 25.4. The standard InChI is InChI=1S/C44H31N/c1-44(2)40-17-8-7-13-34(40)38-27-31(19-21-41(38)44)43-36-15-6-5-14-35(36)42(29-22-24-45-25-23-29)37-20-18-30(26-39(37)43)33-16-9-11-28-10-3-4-12-32(28)33/h3-27H,1-2H3. The molecule has 7 aromatic carbocycles. The Morgan fingerprint density at radius 1 is 0.400 bits per heavy atom. The molecule has 0 saturated heterocycles. The van der Waals surface area contributed by atoms with Gasteiger partial charge in [0.25, 0.3) is 0 Å². The highest BCUT2D eigenvalue weighted by Gasteiger charge is 2.35. The summed E-state index contributed by atoms with van der Waals surface area (Å²) in [5.41, 5.74) is 12.9. The van der Waals surface area contributed by atoms with Gasteiger partial charge in [-0.15, -0.1) is 0 Å². The van der Waals surface area contributed by atoms with Crippen LogP contribution in [-0.2, 0) is 5.41 Å². The van der Waals surface area contributed by atoms with Crippen LogP contribution >= 0.6 is 0 Å². The molecule has 1 heterocycles. The van der Waals surface area contributed by atoms with E-state index in [0.717, 1.165) is 0 Å². The lowest BCUT2D eigenvalue weighted by Crippen LogP contribution is -2.14. The second kappa shape index (κ2) is 9.74. The van der Waals surface area contributed by atoms with E-state index in [1.807, 2.05) is 12.4 Å². The minimum absolute atomic E-state index is 0.0265. The summed E-state index contributed by atoms with van der Waals surface area (Å²) in [6.07, 6.45) is 3.79. The van der Waals surface area contributed by atoms with Crippen LogP contribution in [0.2, 0.25) is 0 Å². The number of nitrogens with zero attached hydrogens (tertiary/aromatic N) is 1. The Bertz CT molecular complexity index is 2440. The normalized spacial score (nSPS) is 13.3. The lowest BCUT2D eigenvalue weighted by molar-refractivity contribution is 0.660. The van der Waals surface area contributed by atoms with Crippen LogP contribution in [0.4, 0.5) is 0 Å². The molecule has 1 heteroatoms. The Hall–Kier alpha value is -5.53. The first kappa shape index (κ1) is 25.9. The molecule has 0 atom stereocenters. The zero-order valence-electron chi connectivity index (χ0n) is 25.4. The SMILES string of the molecule is CC1(C)c2ccccc2-c2cc(-c3c4ccccc4c(-c4ccncc4)c4ccc(-c5cccc6ccccc56)cc34)ccc21. The van der Waals surface area contributed by atoms with Crippen molar-refractivity contribution in [3.8, 4) is 44.5 Å². The van der Waals surface area contributed by atoms with Gasteiger partial charge in [0.15, 0.2) is 0 Å². The van der Waals surface area contributed by atoms with E-state index in [2.05, 4.69) is 158 Å². The molecular weight excluding hydrogens is 542 g/mol. The topological polar surface area (TPSA) is 12.9 Å². The first-order valence-electron chi connectivity index (χ1n) is 15.7. The Morgan fingerprint density at radius 3 is 1.82 bits per heavy atom. The fraction of sp³-hybridized carbons (Fsp3) is 0.0682. The summed E-state index contributed by atoms with van der Waals surface area (Å²) in [5.74, 6) is 0. The molecule has 8 aromatic rings. The quantitative estimate of drug-likeness (QED) is 0.192. The van der Waals surface area contributed by atoms with Crippen LogP contribution in [0.5, 0.6) is 0 Å². The molecular formula is C44H31N. The summed E-state index contributed by atoms with van der Waals surface area (Å²) >= 11 is 0. The number of benzene rings is 7. The number of hydrogen-bond donors (Lipinski definition) is 0. The van der Waals surface area contributed by atoms with E-state index >= 15 is 0 Å². The molecule has 0 amide bonds. The van der Waals surface area contributed by atoms with Crippen molar-refractivity contribution in [2.24, 2.45) is 0 Å². The average molecular weight is 574 g/mol. The highest BCUT2D eigenvalue weighted by molar-refractivity contribution is 6.22. The molecule has 1 aromatic heterocycles. The first-order valence-corrected chi connectivity index (χ1v) is 15.7. The van der Waals surface area contributed by atoms with E-state index in [4.69, 9.17) is 0 Å². The maximum atomic E-state index is 4.34. The van der Waals surface area contributed by atoms with E-state index < -0.39 is 0 Å². The van der Waals surface area contributed by atoms with Crippen molar-refractivity contribution < 1.29 is 0 Å². The minimum atomic E-state index is -0.0265. The maximum absolute atomic E-state index is 4.34. The van der Waals surface area contributed by atoms with Gasteiger partial charge in [0, 0.05) is 17.8 Å². The smallest absolute Gasteiger partial charge is 0.0273 e. The number of aromatic nitrogens is 1. The predicted molar refractivity (Wildman–Crippen MR) is 191 cm³/mol. The molecule has 1 nitrogen and oxygen atoms in total. The van der Waals surface area contributed by atoms with Gasteiger partial charge in [0.2, 0.25) is 0 Å². The highest BCUT2D eigenvalue weighted by Crippen LogP contribution is 2.51. The molecule has 1 aliphatic carbocycles. The van der Waals surface area contributed by atoms with Gasteiger partial charge in [0.05, 0.1) is 0 Å². The van der Waals surface area contributed by atoms with E-state index in [1.165, 1.54) is 88.0 Å². The third-order valence-corrected chi connectivity index (χ3v) is 9.97. The van der Waals surface area contributed by atoms with Crippen molar-refractivity contribution in [2.45, 2.75) is 19.3 Å². The van der Waals surface area contributed by atoms with E-state index in [0.29, 0.717) is 0 Å². The number of fused-ring (bicyclic) bond motifs is 6. The summed E-state index contributed by atoms with van der Waals surface area (Å²) in [6.45, 7) is 4.70. The largest absolute Gasteiger partial charge is 0.265 e. The van der Waals surface area contributed by atoms with Gasteiger partial charge >= 0.3 is 0 Å². The average Bonchev–Trinajstić information content (AvgIpc) is 3.32. The van der Waals surface area contributed by atoms with E-state index in [9.17, 15) is 0 Å². The molecule has 45 heavy (non-hydrogen) atoms. The highest BCUT2D eigenvalue weighted by atomic mass is 14.6.